The number of benzene rings is 1. The Morgan fingerprint density at radius 2 is 2.11 bits per heavy atom. The van der Waals surface area contributed by atoms with Gasteiger partial charge in [-0.05, 0) is 5.56 Å². The fourth-order valence-corrected chi connectivity index (χ4v) is 1.22. The van der Waals surface area contributed by atoms with Crippen LogP contribution in [0.15, 0.2) is 30.3 Å². The summed E-state index contributed by atoms with van der Waals surface area (Å²) >= 11 is 0. The van der Waals surface area contributed by atoms with Crippen LogP contribution in [-0.2, 0) is 21.0 Å². The van der Waals surface area contributed by atoms with Crippen molar-refractivity contribution >= 4 is 5.91 Å². The van der Waals surface area contributed by atoms with Gasteiger partial charge in [0, 0.05) is 6.54 Å². The molecule has 0 aliphatic heterocycles. The van der Waals surface area contributed by atoms with Crippen molar-refractivity contribution < 1.29 is 19.5 Å². The van der Waals surface area contributed by atoms with Crippen molar-refractivity contribution in [3.63, 3.8) is 0 Å². The van der Waals surface area contributed by atoms with E-state index in [0.29, 0.717) is 6.61 Å². The smallest absolute Gasteiger partial charge is 0.245 e. The van der Waals surface area contributed by atoms with Crippen LogP contribution < -0.4 is 11.2 Å². The molecule has 0 spiro atoms. The number of rotatable bonds is 9. The van der Waals surface area contributed by atoms with Crippen molar-refractivity contribution in [3.05, 3.63) is 35.9 Å². The van der Waals surface area contributed by atoms with Crippen molar-refractivity contribution in [2.24, 2.45) is 5.73 Å². The maximum Gasteiger partial charge on any atom is 0.245 e. The number of amides is 1. The van der Waals surface area contributed by atoms with Crippen LogP contribution in [0.2, 0.25) is 0 Å². The summed E-state index contributed by atoms with van der Waals surface area (Å²) in [6, 6.07) is 9.67. The van der Waals surface area contributed by atoms with Crippen molar-refractivity contribution in [2.45, 2.75) is 12.7 Å². The highest BCUT2D eigenvalue weighted by atomic mass is 16.6. The Morgan fingerprint density at radius 1 is 1.39 bits per heavy atom. The molecule has 0 saturated carbocycles. The molecule has 6 heteroatoms. The molecule has 18 heavy (non-hydrogen) atoms. The normalized spacial score (nSPS) is 12.3. The van der Waals surface area contributed by atoms with E-state index >= 15 is 0 Å². The summed E-state index contributed by atoms with van der Waals surface area (Å²) in [6.07, 6.45) is -0.707. The molecule has 1 unspecified atom stereocenters. The zero-order chi connectivity index (χ0) is 13.2. The van der Waals surface area contributed by atoms with Gasteiger partial charge < -0.3 is 15.6 Å². The van der Waals surface area contributed by atoms with Crippen molar-refractivity contribution in [1.82, 2.24) is 5.48 Å². The van der Waals surface area contributed by atoms with E-state index in [2.05, 4.69) is 5.48 Å². The molecule has 1 rings (SSSR count). The van der Waals surface area contributed by atoms with Gasteiger partial charge >= 0.3 is 0 Å². The Labute approximate surface area is 106 Å². The maximum absolute atomic E-state index is 10.3. The average Bonchev–Trinajstić information content (AvgIpc) is 2.36. The van der Waals surface area contributed by atoms with E-state index in [0.717, 1.165) is 5.56 Å². The van der Waals surface area contributed by atoms with E-state index in [1.54, 1.807) is 0 Å². The van der Waals surface area contributed by atoms with Crippen LogP contribution in [0.25, 0.3) is 0 Å². The van der Waals surface area contributed by atoms with Crippen LogP contribution in [0.1, 0.15) is 5.56 Å². The number of nitrogens with one attached hydrogen (secondary N) is 1. The third kappa shape index (κ3) is 6.97. The minimum Gasteiger partial charge on any atom is -0.389 e. The fraction of sp³-hybridized carbons (Fsp3) is 0.417. The van der Waals surface area contributed by atoms with Gasteiger partial charge in [-0.1, -0.05) is 30.3 Å². The lowest BCUT2D eigenvalue weighted by molar-refractivity contribution is -0.126. The molecule has 1 aromatic carbocycles. The lowest BCUT2D eigenvalue weighted by Gasteiger charge is -2.12. The number of hydrogen-bond donors (Lipinski definition) is 3. The van der Waals surface area contributed by atoms with Crippen LogP contribution in [-0.4, -0.2) is 36.9 Å². The molecule has 0 heterocycles. The molecule has 1 aromatic rings. The predicted molar refractivity (Wildman–Crippen MR) is 65.3 cm³/mol. The zero-order valence-corrected chi connectivity index (χ0v) is 10.0. The van der Waals surface area contributed by atoms with Crippen LogP contribution in [0, 0.1) is 0 Å². The summed E-state index contributed by atoms with van der Waals surface area (Å²) in [6.45, 7) is 0.571. The molecule has 100 valence electrons. The largest absolute Gasteiger partial charge is 0.389 e. The molecule has 1 amide bonds. The fourth-order valence-electron chi connectivity index (χ4n) is 1.22. The van der Waals surface area contributed by atoms with Crippen LogP contribution in [0.3, 0.4) is 0 Å². The minimum atomic E-state index is -0.707. The molecule has 0 aliphatic rings. The Hall–Kier alpha value is -1.47. The van der Waals surface area contributed by atoms with Crippen LogP contribution in [0.4, 0.5) is 0 Å². The number of nitrogens with two attached hydrogens (primary N) is 1. The molecule has 0 aliphatic carbocycles. The second-order valence-corrected chi connectivity index (χ2v) is 3.76. The third-order valence-corrected chi connectivity index (χ3v) is 2.06. The molecular weight excluding hydrogens is 236 g/mol. The molecule has 0 fully saturated rings. The maximum atomic E-state index is 10.3. The van der Waals surface area contributed by atoms with Crippen molar-refractivity contribution in [1.29, 1.82) is 0 Å². The van der Waals surface area contributed by atoms with Gasteiger partial charge in [0.1, 0.15) is 6.61 Å². The van der Waals surface area contributed by atoms with Gasteiger partial charge in [0.15, 0.2) is 0 Å². The third-order valence-electron chi connectivity index (χ3n) is 2.06. The minimum absolute atomic E-state index is 0.169. The molecule has 0 bridgehead atoms. The molecule has 0 saturated heterocycles. The van der Waals surface area contributed by atoms with E-state index in [4.69, 9.17) is 15.3 Å². The van der Waals surface area contributed by atoms with Gasteiger partial charge in [0.2, 0.25) is 5.91 Å². The molecule has 4 N–H and O–H groups in total. The highest BCUT2D eigenvalue weighted by Gasteiger charge is 2.04. The predicted octanol–water partition coefficient (Wildman–Crippen LogP) is -0.429. The van der Waals surface area contributed by atoms with Crippen LogP contribution >= 0.6 is 0 Å². The van der Waals surface area contributed by atoms with E-state index in [1.165, 1.54) is 0 Å². The topological polar surface area (TPSA) is 93.8 Å². The summed E-state index contributed by atoms with van der Waals surface area (Å²) < 4.78 is 5.32. The van der Waals surface area contributed by atoms with E-state index < -0.39 is 12.0 Å². The molecule has 1 atom stereocenters. The Bertz CT molecular complexity index is 345. The van der Waals surface area contributed by atoms with E-state index in [9.17, 15) is 9.90 Å². The number of hydroxylamine groups is 1. The first-order chi connectivity index (χ1) is 8.68. The quantitative estimate of drug-likeness (QED) is 0.411. The molecular formula is C12H18N2O4. The average molecular weight is 254 g/mol. The second-order valence-electron chi connectivity index (χ2n) is 3.76. The first kappa shape index (κ1) is 14.6. The Morgan fingerprint density at radius 3 is 2.78 bits per heavy atom. The highest BCUT2D eigenvalue weighted by Crippen LogP contribution is 2.00. The number of carbonyl (C=O) groups is 1. The van der Waals surface area contributed by atoms with Crippen molar-refractivity contribution in [2.75, 3.05) is 19.8 Å². The summed E-state index contributed by atoms with van der Waals surface area (Å²) in [5.74, 6) is -0.572. The molecule has 6 nitrogen and oxygen atoms in total. The summed E-state index contributed by atoms with van der Waals surface area (Å²) in [5, 5.41) is 9.51. The number of hydrogen-bond acceptors (Lipinski definition) is 5. The van der Waals surface area contributed by atoms with E-state index in [1.807, 2.05) is 30.3 Å². The Balaban J connectivity index is 2.03. The van der Waals surface area contributed by atoms with Crippen LogP contribution in [0.5, 0.6) is 0 Å². The summed E-state index contributed by atoms with van der Waals surface area (Å²) in [5.41, 5.74) is 8.34. The SMILES string of the molecule is NC(=O)CONCC(O)COCc1ccccc1. The van der Waals surface area contributed by atoms with Crippen molar-refractivity contribution in [3.8, 4) is 0 Å². The summed E-state index contributed by atoms with van der Waals surface area (Å²) in [4.78, 5) is 15.0. The number of aliphatic hydroxyl groups is 1. The zero-order valence-electron chi connectivity index (χ0n) is 10.0. The Kier molecular flexibility index (Phi) is 6.97. The van der Waals surface area contributed by atoms with E-state index in [-0.39, 0.29) is 19.8 Å². The number of ether oxygens (including phenoxy) is 1. The van der Waals surface area contributed by atoms with Gasteiger partial charge in [-0.25, -0.2) is 0 Å². The second kappa shape index (κ2) is 8.60. The first-order valence-corrected chi connectivity index (χ1v) is 5.61. The van der Waals surface area contributed by atoms with Gasteiger partial charge in [0.25, 0.3) is 0 Å². The number of primary amides is 1. The standard InChI is InChI=1S/C12H18N2O4/c13-12(16)9-18-14-6-11(15)8-17-7-10-4-2-1-3-5-10/h1-5,11,14-15H,6-9H2,(H2,13,16). The molecule has 0 radical (unpaired) electrons. The molecule has 0 aromatic heterocycles. The van der Waals surface area contributed by atoms with Gasteiger partial charge in [0.05, 0.1) is 19.3 Å². The first-order valence-electron chi connectivity index (χ1n) is 5.61. The van der Waals surface area contributed by atoms with Gasteiger partial charge in [-0.2, -0.15) is 5.48 Å². The highest BCUT2D eigenvalue weighted by molar-refractivity contribution is 5.74. The van der Waals surface area contributed by atoms with Gasteiger partial charge in [-0.3, -0.25) is 9.63 Å². The lowest BCUT2D eigenvalue weighted by Crippen LogP contribution is -2.33. The summed E-state index contributed by atoms with van der Waals surface area (Å²) in [7, 11) is 0. The number of aliphatic hydroxyl groups excluding tert-OH is 1. The number of carbonyl (C=O) groups excluding carboxylic acids is 1. The van der Waals surface area contributed by atoms with Gasteiger partial charge in [-0.15, -0.1) is 0 Å². The lowest BCUT2D eigenvalue weighted by atomic mass is 10.2. The monoisotopic (exact) mass is 254 g/mol.